The van der Waals surface area contributed by atoms with Crippen LogP contribution in [0.3, 0.4) is 0 Å². The topological polar surface area (TPSA) is 131 Å². The summed E-state index contributed by atoms with van der Waals surface area (Å²) in [5.74, 6) is -0.297. The summed E-state index contributed by atoms with van der Waals surface area (Å²) in [4.78, 5) is 34.0. The lowest BCUT2D eigenvalue weighted by Crippen LogP contribution is -2.57. The van der Waals surface area contributed by atoms with Crippen molar-refractivity contribution in [2.24, 2.45) is 5.92 Å². The van der Waals surface area contributed by atoms with Gasteiger partial charge in [-0.25, -0.2) is 9.78 Å². The van der Waals surface area contributed by atoms with E-state index in [0.717, 1.165) is 42.4 Å². The number of pyridine rings is 1. The minimum atomic E-state index is -1.62. The van der Waals surface area contributed by atoms with Crippen LogP contribution in [0, 0.1) is 5.92 Å². The van der Waals surface area contributed by atoms with E-state index in [-0.39, 0.29) is 31.5 Å². The average molecular weight is 648 g/mol. The van der Waals surface area contributed by atoms with Crippen LogP contribution in [0.2, 0.25) is 0 Å². The number of rotatable bonds is 16. The quantitative estimate of drug-likeness (QED) is 0.214. The zero-order valence-electron chi connectivity index (χ0n) is 27.2. The molecule has 0 radical (unpaired) electrons. The smallest absolute Gasteiger partial charge is 0.407 e. The fourth-order valence-corrected chi connectivity index (χ4v) is 6.11. The van der Waals surface area contributed by atoms with E-state index in [0.29, 0.717) is 50.2 Å². The number of methoxy groups -OCH3 is 2. The number of benzene rings is 2. The van der Waals surface area contributed by atoms with Crippen molar-refractivity contribution in [2.75, 3.05) is 47.1 Å². The number of aromatic nitrogens is 1. The van der Waals surface area contributed by atoms with Gasteiger partial charge in [-0.1, -0.05) is 36.4 Å². The highest BCUT2D eigenvalue weighted by Gasteiger charge is 2.51. The molecule has 1 aromatic heterocycles. The molecule has 11 nitrogen and oxygen atoms in total. The lowest BCUT2D eigenvalue weighted by atomic mass is 9.75. The molecule has 252 valence electrons. The Morgan fingerprint density at radius 2 is 1.72 bits per heavy atom. The largest absolute Gasteiger partial charge is 0.491 e. The van der Waals surface area contributed by atoms with Gasteiger partial charge in [0.1, 0.15) is 24.6 Å². The predicted molar refractivity (Wildman–Crippen MR) is 174 cm³/mol. The van der Waals surface area contributed by atoms with E-state index in [4.69, 9.17) is 18.9 Å². The van der Waals surface area contributed by atoms with Crippen molar-refractivity contribution in [3.63, 3.8) is 0 Å². The maximum Gasteiger partial charge on any atom is 0.407 e. The fourth-order valence-electron chi connectivity index (χ4n) is 6.11. The van der Waals surface area contributed by atoms with E-state index in [1.807, 2.05) is 47.4 Å². The second-order valence-corrected chi connectivity index (χ2v) is 12.2. The van der Waals surface area contributed by atoms with Gasteiger partial charge in [0, 0.05) is 58.8 Å². The van der Waals surface area contributed by atoms with Gasteiger partial charge in [0.15, 0.2) is 0 Å². The SMILES string of the molecule is COCCCc1cc(CN(C(=O)C2CN(C(=O)O)CCC2(O)c2ccnc(OCc3ccccc3)c2)C2CC2)cc(OCCOC)c1. The summed E-state index contributed by atoms with van der Waals surface area (Å²) < 4.78 is 22.3. The van der Waals surface area contributed by atoms with Gasteiger partial charge in [0.25, 0.3) is 0 Å². The third kappa shape index (κ3) is 9.00. The molecule has 2 unspecified atom stereocenters. The number of amides is 2. The number of nitrogens with zero attached hydrogens (tertiary/aromatic N) is 3. The molecule has 1 aliphatic heterocycles. The summed E-state index contributed by atoms with van der Waals surface area (Å²) in [5.41, 5.74) is 1.80. The number of carboxylic acid groups (broad SMARTS) is 1. The molecule has 47 heavy (non-hydrogen) atoms. The number of likely N-dealkylation sites (tertiary alicyclic amines) is 1. The van der Waals surface area contributed by atoms with Crippen molar-refractivity contribution in [1.29, 1.82) is 0 Å². The Balaban J connectivity index is 1.41. The van der Waals surface area contributed by atoms with Crippen molar-refractivity contribution in [3.05, 3.63) is 89.1 Å². The number of aryl methyl sites for hydroxylation is 1. The average Bonchev–Trinajstić information content (AvgIpc) is 3.93. The standard InChI is InChI=1S/C36H45N3O8/c1-44-16-6-9-27-19-28(21-31(20-27)46-18-17-45-2)23-39(30-10-11-30)34(40)32-24-38(35(41)42)15-13-36(32,43)29-12-14-37-33(22-29)47-25-26-7-4-3-5-8-26/h3-5,7-8,12,14,19-22,30,32,43H,6,9-11,13,15-18,23-25H2,1-2H3,(H,41,42). The molecule has 2 fully saturated rings. The highest BCUT2D eigenvalue weighted by Crippen LogP contribution is 2.41. The Hall–Kier alpha value is -4.19. The summed E-state index contributed by atoms with van der Waals surface area (Å²) in [6, 6.07) is 19.0. The molecule has 1 aliphatic carbocycles. The first-order valence-corrected chi connectivity index (χ1v) is 16.2. The monoisotopic (exact) mass is 647 g/mol. The van der Waals surface area contributed by atoms with Gasteiger partial charge in [-0.05, 0) is 72.6 Å². The molecular formula is C36H45N3O8. The lowest BCUT2D eigenvalue weighted by Gasteiger charge is -2.44. The van der Waals surface area contributed by atoms with Crippen molar-refractivity contribution >= 4 is 12.0 Å². The summed E-state index contributed by atoms with van der Waals surface area (Å²) in [6.07, 6.45) is 3.80. The molecule has 2 heterocycles. The van der Waals surface area contributed by atoms with Gasteiger partial charge in [0.2, 0.25) is 11.8 Å². The van der Waals surface area contributed by atoms with Gasteiger partial charge in [0.05, 0.1) is 12.5 Å². The molecule has 2 aliphatic rings. The number of hydrogen-bond donors (Lipinski definition) is 2. The summed E-state index contributed by atoms with van der Waals surface area (Å²) in [7, 11) is 3.30. The third-order valence-corrected chi connectivity index (χ3v) is 8.80. The van der Waals surface area contributed by atoms with E-state index in [2.05, 4.69) is 11.1 Å². The molecule has 0 spiro atoms. The highest BCUT2D eigenvalue weighted by atomic mass is 16.5. The Kier molecular flexibility index (Phi) is 11.7. The lowest BCUT2D eigenvalue weighted by molar-refractivity contribution is -0.154. The molecule has 1 saturated carbocycles. The third-order valence-electron chi connectivity index (χ3n) is 8.80. The maximum absolute atomic E-state index is 14.6. The van der Waals surface area contributed by atoms with Crippen LogP contribution >= 0.6 is 0 Å². The van der Waals surface area contributed by atoms with Crippen molar-refractivity contribution in [3.8, 4) is 11.6 Å². The molecule has 0 bridgehead atoms. The van der Waals surface area contributed by atoms with Gasteiger partial charge in [-0.15, -0.1) is 0 Å². The van der Waals surface area contributed by atoms with Crippen LogP contribution in [0.15, 0.2) is 66.9 Å². The van der Waals surface area contributed by atoms with Crippen LogP contribution in [-0.2, 0) is 39.4 Å². The molecule has 2 N–H and O–H groups in total. The molecule has 2 atom stereocenters. The van der Waals surface area contributed by atoms with Gasteiger partial charge in [-0.2, -0.15) is 0 Å². The first kappa shape index (κ1) is 34.2. The van der Waals surface area contributed by atoms with Crippen molar-refractivity contribution in [1.82, 2.24) is 14.8 Å². The normalized spacial score (nSPS) is 19.3. The number of aliphatic hydroxyl groups is 1. The Labute approximate surface area is 276 Å². The minimum Gasteiger partial charge on any atom is -0.491 e. The summed E-state index contributed by atoms with van der Waals surface area (Å²) >= 11 is 0. The highest BCUT2D eigenvalue weighted by molar-refractivity contribution is 5.82. The van der Waals surface area contributed by atoms with Gasteiger partial charge >= 0.3 is 6.09 Å². The van der Waals surface area contributed by atoms with Crippen LogP contribution in [-0.4, -0.2) is 90.2 Å². The van der Waals surface area contributed by atoms with Crippen LogP contribution in [0.4, 0.5) is 4.79 Å². The second kappa shape index (κ2) is 16.1. The second-order valence-electron chi connectivity index (χ2n) is 12.2. The van der Waals surface area contributed by atoms with Crippen molar-refractivity contribution < 1.29 is 38.7 Å². The molecule has 1 saturated heterocycles. The number of piperidine rings is 1. The molecular weight excluding hydrogens is 602 g/mol. The van der Waals surface area contributed by atoms with Crippen LogP contribution in [0.5, 0.6) is 11.6 Å². The van der Waals surface area contributed by atoms with Gasteiger partial charge < -0.3 is 39.0 Å². The zero-order chi connectivity index (χ0) is 33.2. The Morgan fingerprint density at radius 3 is 2.45 bits per heavy atom. The molecule has 3 aromatic rings. The van der Waals surface area contributed by atoms with E-state index in [1.54, 1.807) is 32.5 Å². The van der Waals surface area contributed by atoms with Crippen molar-refractivity contribution in [2.45, 2.75) is 56.9 Å². The van der Waals surface area contributed by atoms with Crippen LogP contribution in [0.1, 0.15) is 47.9 Å². The van der Waals surface area contributed by atoms with E-state index >= 15 is 0 Å². The Morgan fingerprint density at radius 1 is 0.957 bits per heavy atom. The molecule has 2 amide bonds. The van der Waals surface area contributed by atoms with E-state index in [1.165, 1.54) is 4.90 Å². The number of carbonyl (C=O) groups excluding carboxylic acids is 1. The fraction of sp³-hybridized carbons (Fsp3) is 0.472. The first-order chi connectivity index (χ1) is 22.8. The zero-order valence-corrected chi connectivity index (χ0v) is 27.2. The summed E-state index contributed by atoms with van der Waals surface area (Å²) in [6.45, 7) is 2.04. The van der Waals surface area contributed by atoms with Crippen LogP contribution in [0.25, 0.3) is 0 Å². The maximum atomic E-state index is 14.6. The number of ether oxygens (including phenoxy) is 4. The summed E-state index contributed by atoms with van der Waals surface area (Å²) in [5, 5.41) is 22.2. The number of hydrogen-bond acceptors (Lipinski definition) is 8. The number of carbonyl (C=O) groups is 2. The molecule has 11 heteroatoms. The Bertz CT molecular complexity index is 1460. The van der Waals surface area contributed by atoms with Gasteiger partial charge in [-0.3, -0.25) is 4.79 Å². The molecule has 5 rings (SSSR count). The van der Waals surface area contributed by atoms with Crippen LogP contribution < -0.4 is 9.47 Å². The predicted octanol–water partition coefficient (Wildman–Crippen LogP) is 4.64. The van der Waals surface area contributed by atoms with E-state index in [9.17, 15) is 19.8 Å². The van der Waals surface area contributed by atoms with E-state index < -0.39 is 17.6 Å². The molecule has 2 aromatic carbocycles. The minimum absolute atomic E-state index is 0.00386. The first-order valence-electron chi connectivity index (χ1n) is 16.2.